The molecule has 0 spiro atoms. The summed E-state index contributed by atoms with van der Waals surface area (Å²) in [6, 6.07) is 8.38. The zero-order chi connectivity index (χ0) is 13.3. The average molecular weight is 274 g/mol. The fourth-order valence-electron chi connectivity index (χ4n) is 1.81. The number of nitrogens with zero attached hydrogens (tertiary/aromatic N) is 2. The van der Waals surface area contributed by atoms with E-state index in [1.54, 1.807) is 36.7 Å². The van der Waals surface area contributed by atoms with Crippen LogP contribution in [-0.2, 0) is 10.0 Å². The third-order valence-electron chi connectivity index (χ3n) is 2.62. The fourth-order valence-corrected chi connectivity index (χ4v) is 3.01. The van der Waals surface area contributed by atoms with Crippen molar-refractivity contribution in [3.8, 4) is 0 Å². The van der Waals surface area contributed by atoms with Crippen LogP contribution in [0.5, 0.6) is 0 Å². The number of anilines is 1. The highest BCUT2D eigenvalue weighted by molar-refractivity contribution is 7.93. The molecule has 0 aliphatic rings. The standard InChI is InChI=1S/C12H10N4O2S/c17-19(18,16-12-14-7-8-15-12)11-5-1-4-10-9(11)3-2-6-13-10/h1-8H,(H2,14,15,16). The quantitative estimate of drug-likeness (QED) is 0.761. The molecule has 0 aliphatic carbocycles. The first-order valence-corrected chi connectivity index (χ1v) is 7.01. The van der Waals surface area contributed by atoms with Gasteiger partial charge in [-0.05, 0) is 24.3 Å². The molecule has 7 heteroatoms. The molecule has 0 saturated carbocycles. The summed E-state index contributed by atoms with van der Waals surface area (Å²) in [5.41, 5.74) is 0.629. The molecule has 0 fully saturated rings. The van der Waals surface area contributed by atoms with Gasteiger partial charge in [-0.2, -0.15) is 0 Å². The Morgan fingerprint density at radius 2 is 1.95 bits per heavy atom. The molecule has 0 amide bonds. The lowest BCUT2D eigenvalue weighted by Crippen LogP contribution is -2.14. The van der Waals surface area contributed by atoms with Crippen LogP contribution in [0, 0.1) is 0 Å². The molecule has 0 atom stereocenters. The lowest BCUT2D eigenvalue weighted by atomic mass is 10.2. The van der Waals surface area contributed by atoms with E-state index in [0.717, 1.165) is 0 Å². The second-order valence-electron chi connectivity index (χ2n) is 3.87. The Morgan fingerprint density at radius 3 is 2.74 bits per heavy atom. The summed E-state index contributed by atoms with van der Waals surface area (Å²) >= 11 is 0. The molecule has 2 heterocycles. The number of sulfonamides is 1. The van der Waals surface area contributed by atoms with Crippen molar-refractivity contribution in [2.24, 2.45) is 0 Å². The van der Waals surface area contributed by atoms with Crippen LogP contribution in [0.3, 0.4) is 0 Å². The van der Waals surface area contributed by atoms with E-state index in [2.05, 4.69) is 19.7 Å². The van der Waals surface area contributed by atoms with Crippen LogP contribution in [0.2, 0.25) is 0 Å². The van der Waals surface area contributed by atoms with Gasteiger partial charge in [0.1, 0.15) is 0 Å². The minimum atomic E-state index is -3.69. The molecular weight excluding hydrogens is 264 g/mol. The largest absolute Gasteiger partial charge is 0.330 e. The van der Waals surface area contributed by atoms with E-state index in [0.29, 0.717) is 10.9 Å². The number of rotatable bonds is 3. The lowest BCUT2D eigenvalue weighted by Gasteiger charge is -2.07. The van der Waals surface area contributed by atoms with E-state index < -0.39 is 10.0 Å². The number of hydrogen-bond acceptors (Lipinski definition) is 4. The highest BCUT2D eigenvalue weighted by Crippen LogP contribution is 2.22. The summed E-state index contributed by atoms with van der Waals surface area (Å²) in [7, 11) is -3.69. The molecule has 0 radical (unpaired) electrons. The van der Waals surface area contributed by atoms with Gasteiger partial charge in [0.25, 0.3) is 10.0 Å². The molecule has 1 aromatic carbocycles. The van der Waals surface area contributed by atoms with Crippen LogP contribution < -0.4 is 4.72 Å². The molecule has 2 aromatic heterocycles. The normalized spacial score (nSPS) is 11.6. The van der Waals surface area contributed by atoms with Crippen LogP contribution >= 0.6 is 0 Å². The number of aromatic nitrogens is 3. The van der Waals surface area contributed by atoms with Crippen molar-refractivity contribution in [3.05, 3.63) is 48.9 Å². The van der Waals surface area contributed by atoms with Crippen molar-refractivity contribution >= 4 is 26.9 Å². The van der Waals surface area contributed by atoms with Gasteiger partial charge in [0, 0.05) is 24.0 Å². The molecule has 2 N–H and O–H groups in total. The minimum absolute atomic E-state index is 0.175. The number of aromatic amines is 1. The number of H-pyrrole nitrogens is 1. The van der Waals surface area contributed by atoms with Crippen LogP contribution in [0.15, 0.2) is 53.8 Å². The monoisotopic (exact) mass is 274 g/mol. The van der Waals surface area contributed by atoms with Crippen molar-refractivity contribution in [1.82, 2.24) is 15.0 Å². The highest BCUT2D eigenvalue weighted by atomic mass is 32.2. The Balaban J connectivity index is 2.13. The fraction of sp³-hybridized carbons (Fsp3) is 0. The van der Waals surface area contributed by atoms with E-state index in [-0.39, 0.29) is 10.8 Å². The van der Waals surface area contributed by atoms with Gasteiger partial charge in [-0.15, -0.1) is 0 Å². The second kappa shape index (κ2) is 4.36. The summed E-state index contributed by atoms with van der Waals surface area (Å²) in [5.74, 6) is 0.181. The Morgan fingerprint density at radius 1 is 1.05 bits per heavy atom. The SMILES string of the molecule is O=S(=O)(Nc1ncc[nH]1)c1cccc2ncccc12. The van der Waals surface area contributed by atoms with Crippen molar-refractivity contribution in [1.29, 1.82) is 0 Å². The summed E-state index contributed by atoms with van der Waals surface area (Å²) in [4.78, 5) is 10.9. The van der Waals surface area contributed by atoms with Crippen molar-refractivity contribution in [2.75, 3.05) is 4.72 Å². The van der Waals surface area contributed by atoms with E-state index in [9.17, 15) is 8.42 Å². The topological polar surface area (TPSA) is 87.7 Å². The Hall–Kier alpha value is -2.41. The summed E-state index contributed by atoms with van der Waals surface area (Å²) in [5, 5.41) is 0.573. The first kappa shape index (κ1) is 11.7. The molecule has 0 saturated heterocycles. The van der Waals surface area contributed by atoms with Crippen molar-refractivity contribution in [2.45, 2.75) is 4.90 Å². The third-order valence-corrected chi connectivity index (χ3v) is 4.02. The van der Waals surface area contributed by atoms with E-state index in [1.807, 2.05) is 0 Å². The predicted molar refractivity (Wildman–Crippen MR) is 71.1 cm³/mol. The molecule has 6 nitrogen and oxygen atoms in total. The maximum Gasteiger partial charge on any atom is 0.264 e. The molecule has 0 aliphatic heterocycles. The summed E-state index contributed by atoms with van der Waals surface area (Å²) in [6.07, 6.45) is 4.64. The van der Waals surface area contributed by atoms with E-state index in [1.165, 1.54) is 12.3 Å². The van der Waals surface area contributed by atoms with Crippen LogP contribution in [-0.4, -0.2) is 23.4 Å². The van der Waals surface area contributed by atoms with Gasteiger partial charge >= 0.3 is 0 Å². The van der Waals surface area contributed by atoms with Crippen LogP contribution in [0.4, 0.5) is 5.95 Å². The number of fused-ring (bicyclic) bond motifs is 1. The van der Waals surface area contributed by atoms with Gasteiger partial charge in [0.05, 0.1) is 10.4 Å². The lowest BCUT2D eigenvalue weighted by molar-refractivity contribution is 0.601. The van der Waals surface area contributed by atoms with Crippen molar-refractivity contribution < 1.29 is 8.42 Å². The van der Waals surface area contributed by atoms with Gasteiger partial charge in [0.2, 0.25) is 5.95 Å². The zero-order valence-corrected chi connectivity index (χ0v) is 10.6. The second-order valence-corrected chi connectivity index (χ2v) is 5.52. The number of benzene rings is 1. The highest BCUT2D eigenvalue weighted by Gasteiger charge is 2.18. The zero-order valence-electron chi connectivity index (χ0n) is 9.74. The molecule has 3 rings (SSSR count). The molecule has 19 heavy (non-hydrogen) atoms. The predicted octanol–water partition coefficient (Wildman–Crippen LogP) is 1.76. The molecular formula is C12H10N4O2S. The minimum Gasteiger partial charge on any atom is -0.330 e. The molecule has 0 bridgehead atoms. The number of hydrogen-bond donors (Lipinski definition) is 2. The third kappa shape index (κ3) is 2.15. The Kier molecular flexibility index (Phi) is 2.68. The summed E-state index contributed by atoms with van der Waals surface area (Å²) < 4.78 is 27.0. The maximum atomic E-state index is 12.3. The van der Waals surface area contributed by atoms with Gasteiger partial charge in [-0.1, -0.05) is 6.07 Å². The van der Waals surface area contributed by atoms with Crippen LogP contribution in [0.25, 0.3) is 10.9 Å². The number of pyridine rings is 1. The van der Waals surface area contributed by atoms with Gasteiger partial charge in [-0.25, -0.2) is 18.1 Å². The van der Waals surface area contributed by atoms with Gasteiger partial charge in [0.15, 0.2) is 0 Å². The Bertz CT molecular complexity index is 807. The first-order valence-electron chi connectivity index (χ1n) is 5.53. The average Bonchev–Trinajstić information content (AvgIpc) is 2.90. The Labute approximate surface area is 109 Å². The molecule has 96 valence electrons. The first-order chi connectivity index (χ1) is 9.17. The molecule has 3 aromatic rings. The maximum absolute atomic E-state index is 12.3. The number of imidazole rings is 1. The van der Waals surface area contributed by atoms with Crippen LogP contribution in [0.1, 0.15) is 0 Å². The van der Waals surface area contributed by atoms with Gasteiger partial charge in [-0.3, -0.25) is 4.98 Å². The van der Waals surface area contributed by atoms with E-state index >= 15 is 0 Å². The summed E-state index contributed by atoms with van der Waals surface area (Å²) in [6.45, 7) is 0. The van der Waals surface area contributed by atoms with E-state index in [4.69, 9.17) is 0 Å². The van der Waals surface area contributed by atoms with Gasteiger partial charge < -0.3 is 4.98 Å². The number of nitrogens with one attached hydrogen (secondary N) is 2. The smallest absolute Gasteiger partial charge is 0.264 e. The van der Waals surface area contributed by atoms with Crippen molar-refractivity contribution in [3.63, 3.8) is 0 Å². The molecule has 0 unspecified atom stereocenters.